The third-order valence-corrected chi connectivity index (χ3v) is 5.86. The highest BCUT2D eigenvalue weighted by Crippen LogP contribution is 2.64. The van der Waals surface area contributed by atoms with E-state index in [2.05, 4.69) is 20.3 Å². The Balaban J connectivity index is 2.58. The van der Waals surface area contributed by atoms with Crippen LogP contribution in [-0.2, 0) is 0 Å². The van der Waals surface area contributed by atoms with Crippen LogP contribution in [0.25, 0.3) is 0 Å². The maximum Gasteiger partial charge on any atom is 0.0745 e. The van der Waals surface area contributed by atoms with Gasteiger partial charge in [0.05, 0.1) is 13.2 Å². The third-order valence-electron chi connectivity index (χ3n) is 2.12. The van der Waals surface area contributed by atoms with Crippen LogP contribution >= 0.6 is 7.26 Å². The highest BCUT2D eigenvalue weighted by molar-refractivity contribution is 7.75. The summed E-state index contributed by atoms with van der Waals surface area (Å²) in [5, 5.41) is 0. The Morgan fingerprint density at radius 2 is 2.12 bits per heavy atom. The zero-order chi connectivity index (χ0) is 7.12. The Kier molecular flexibility index (Phi) is 1.30. The van der Waals surface area contributed by atoms with Crippen molar-refractivity contribution in [1.29, 1.82) is 0 Å². The van der Waals surface area contributed by atoms with Crippen molar-refractivity contribution in [3.8, 4) is 0 Å². The second-order valence-corrected chi connectivity index (χ2v) is 7.70. The molecule has 8 heavy (non-hydrogen) atoms. The van der Waals surface area contributed by atoms with E-state index in [-0.39, 0.29) is 5.64 Å². The molecule has 0 atom stereocenters. The fourth-order valence-corrected chi connectivity index (χ4v) is 2.65. The highest BCUT2D eigenvalue weighted by Gasteiger charge is 2.42. The normalized spacial score (nSPS) is 27.1. The maximum atomic E-state index is 7.90. The highest BCUT2D eigenvalue weighted by atomic mass is 31.2. The van der Waals surface area contributed by atoms with E-state index in [0.29, 0.717) is 0 Å². The van der Waals surface area contributed by atoms with Crippen LogP contribution in [0.15, 0.2) is 0 Å². The predicted molar refractivity (Wildman–Crippen MR) is 42.3 cm³/mol. The molecule has 0 amide bonds. The van der Waals surface area contributed by atoms with Gasteiger partial charge in [-0.3, -0.25) is 0 Å². The molecule has 1 aliphatic rings. The van der Waals surface area contributed by atoms with E-state index in [4.69, 9.17) is 1.37 Å². The zero-order valence-electron chi connectivity index (χ0n) is 7.07. The van der Waals surface area contributed by atoms with Crippen molar-refractivity contribution in [2.75, 3.05) is 19.5 Å². The van der Waals surface area contributed by atoms with Crippen LogP contribution < -0.4 is 0 Å². The molecule has 1 saturated carbocycles. The molecule has 0 N–H and O–H groups in total. The Bertz CT molecular complexity index is 116. The lowest BCUT2D eigenvalue weighted by atomic mass is 10.9. The fraction of sp³-hybridized carbons (Fsp3) is 1.00. The Labute approximate surface area is 54.4 Å². The minimum atomic E-state index is -0.829. The monoisotopic (exact) mass is 132 g/mol. The van der Waals surface area contributed by atoms with Gasteiger partial charge in [-0.1, -0.05) is 0 Å². The minimum absolute atomic E-state index is 0.0573. The molecule has 0 unspecified atom stereocenters. The lowest BCUT2D eigenvalue weighted by Crippen LogP contribution is -1.96. The van der Waals surface area contributed by atoms with Gasteiger partial charge in [-0.05, 0) is 19.8 Å². The summed E-state index contributed by atoms with van der Waals surface area (Å²) in [7, 11) is -0.829. The van der Waals surface area contributed by atoms with Crippen LogP contribution in [0.4, 0.5) is 0 Å². The van der Waals surface area contributed by atoms with Gasteiger partial charge in [0.2, 0.25) is 0 Å². The first-order valence-corrected chi connectivity index (χ1v) is 6.22. The first-order chi connectivity index (χ1) is 4.02. The molecular weight excluding hydrogens is 115 g/mol. The Morgan fingerprint density at radius 1 is 1.62 bits per heavy atom. The molecule has 0 heterocycles. The van der Waals surface area contributed by atoms with Crippen molar-refractivity contribution < 1.29 is 1.37 Å². The molecule has 48 valence electrons. The van der Waals surface area contributed by atoms with Crippen LogP contribution in [0, 0.1) is 0 Å². The summed E-state index contributed by atoms with van der Waals surface area (Å²) in [6.07, 6.45) is 3.58. The molecular formula is C7H16P+. The zero-order valence-corrected chi connectivity index (χ0v) is 6.96. The number of hydrogen-bond acceptors (Lipinski definition) is 0. The molecule has 0 spiro atoms. The van der Waals surface area contributed by atoms with Crippen molar-refractivity contribution in [1.82, 2.24) is 0 Å². The van der Waals surface area contributed by atoms with Crippen LogP contribution in [0.3, 0.4) is 0 Å². The van der Waals surface area contributed by atoms with Crippen molar-refractivity contribution in [3.63, 3.8) is 0 Å². The number of rotatable bonds is 2. The largest absolute Gasteiger partial charge is 0.0745 e. The van der Waals surface area contributed by atoms with E-state index < -0.39 is 7.26 Å². The lowest BCUT2D eigenvalue weighted by Gasteiger charge is -2.13. The molecule has 0 saturated heterocycles. The van der Waals surface area contributed by atoms with Crippen molar-refractivity contribution in [2.24, 2.45) is 0 Å². The molecule has 0 aromatic rings. The quantitative estimate of drug-likeness (QED) is 0.506. The summed E-state index contributed by atoms with van der Waals surface area (Å²) in [6, 6.07) is 0. The van der Waals surface area contributed by atoms with Crippen LogP contribution in [0.2, 0.25) is 0 Å². The average Bonchev–Trinajstić information content (AvgIpc) is 2.49. The molecule has 1 fully saturated rings. The van der Waals surface area contributed by atoms with E-state index in [1.165, 1.54) is 19.0 Å². The molecule has 0 nitrogen and oxygen atoms in total. The average molecular weight is 132 g/mol. The van der Waals surface area contributed by atoms with Gasteiger partial charge in [-0.2, -0.15) is 0 Å². The summed E-state index contributed by atoms with van der Waals surface area (Å²) < 4.78 is 7.90. The second kappa shape index (κ2) is 1.99. The summed E-state index contributed by atoms with van der Waals surface area (Å²) in [4.78, 5) is 0. The van der Waals surface area contributed by atoms with Crippen molar-refractivity contribution in [2.45, 2.75) is 25.4 Å². The Morgan fingerprint density at radius 3 is 2.25 bits per heavy atom. The van der Waals surface area contributed by atoms with Gasteiger partial charge in [0.15, 0.2) is 0 Å². The van der Waals surface area contributed by atoms with Crippen LogP contribution in [0.5, 0.6) is 0 Å². The molecule has 0 radical (unpaired) electrons. The fourth-order valence-electron chi connectivity index (χ4n) is 0.885. The van der Waals surface area contributed by atoms with E-state index in [0.717, 1.165) is 0 Å². The van der Waals surface area contributed by atoms with Crippen molar-refractivity contribution >= 4 is 7.26 Å². The van der Waals surface area contributed by atoms with E-state index in [1.54, 1.807) is 0 Å². The topological polar surface area (TPSA) is 0 Å². The van der Waals surface area contributed by atoms with E-state index >= 15 is 0 Å². The molecule has 0 aliphatic heterocycles. The molecule has 1 rings (SSSR count). The summed E-state index contributed by atoms with van der Waals surface area (Å²) in [5.41, 5.74) is 0.0573. The van der Waals surface area contributed by atoms with Gasteiger partial charge in [0, 0.05) is 20.6 Å². The van der Waals surface area contributed by atoms with Gasteiger partial charge < -0.3 is 0 Å². The van der Waals surface area contributed by atoms with E-state index in [9.17, 15) is 0 Å². The predicted octanol–water partition coefficient (Wildman–Crippen LogP) is 2.45. The van der Waals surface area contributed by atoms with Gasteiger partial charge in [0.1, 0.15) is 0 Å². The third kappa shape index (κ3) is 1.23. The van der Waals surface area contributed by atoms with E-state index in [1.807, 2.05) is 0 Å². The molecule has 1 aliphatic carbocycles. The lowest BCUT2D eigenvalue weighted by molar-refractivity contribution is 1.35. The minimum Gasteiger partial charge on any atom is -0.0311 e. The molecule has 0 aromatic heterocycles. The maximum absolute atomic E-state index is 7.90. The summed E-state index contributed by atoms with van der Waals surface area (Å²) in [6.45, 7) is 6.85. The molecule has 0 aromatic carbocycles. The molecule has 0 bridgehead atoms. The van der Waals surface area contributed by atoms with Gasteiger partial charge in [-0.15, -0.1) is 0 Å². The molecule has 1 heteroatoms. The Hall–Kier alpha value is 0.430. The first kappa shape index (κ1) is 5.23. The summed E-state index contributed by atoms with van der Waals surface area (Å²) >= 11 is 0. The van der Waals surface area contributed by atoms with Gasteiger partial charge in [0.25, 0.3) is 0 Å². The first-order valence-electron chi connectivity index (χ1n) is 3.85. The van der Waals surface area contributed by atoms with Gasteiger partial charge >= 0.3 is 0 Å². The smallest absolute Gasteiger partial charge is 0.0311 e. The van der Waals surface area contributed by atoms with Crippen LogP contribution in [-0.4, -0.2) is 25.1 Å². The standard InChI is InChI=1S/C7H16P/c1-4-8(2,3)7-5-6-7/h7H,4-6H2,1-3H3/q+1/i7D. The van der Waals surface area contributed by atoms with Crippen LogP contribution in [0.1, 0.15) is 21.1 Å². The summed E-state index contributed by atoms with van der Waals surface area (Å²) in [5.74, 6) is 0. The second-order valence-electron chi connectivity index (χ2n) is 3.07. The van der Waals surface area contributed by atoms with Gasteiger partial charge in [-0.25, -0.2) is 0 Å². The SMILES string of the molecule is [2H]C1([P+](C)(C)CC)CC1. The number of hydrogen-bond donors (Lipinski definition) is 0. The van der Waals surface area contributed by atoms with Crippen molar-refractivity contribution in [3.05, 3.63) is 0 Å².